The van der Waals surface area contributed by atoms with E-state index in [2.05, 4.69) is 22.6 Å². The average Bonchev–Trinajstić information content (AvgIpc) is 2.49. The van der Waals surface area contributed by atoms with E-state index in [1.165, 1.54) is 4.90 Å². The molecule has 0 spiro atoms. The van der Waals surface area contributed by atoms with E-state index in [1.54, 1.807) is 24.3 Å². The Labute approximate surface area is 135 Å². The van der Waals surface area contributed by atoms with Gasteiger partial charge in [-0.15, -0.1) is 0 Å². The van der Waals surface area contributed by atoms with E-state index in [0.717, 1.165) is 5.39 Å². The average molecular weight is 396 g/mol. The molecule has 3 rings (SSSR count). The van der Waals surface area contributed by atoms with Crippen LogP contribution in [0, 0.1) is 0 Å². The van der Waals surface area contributed by atoms with Gasteiger partial charge in [-0.25, -0.2) is 0 Å². The van der Waals surface area contributed by atoms with Crippen LogP contribution < -0.4 is 5.73 Å². The lowest BCUT2D eigenvalue weighted by Crippen LogP contribution is -2.42. The first-order valence-corrected chi connectivity index (χ1v) is 7.99. The Hall–Kier alpha value is -1.67. The Morgan fingerprint density at radius 3 is 2.52 bits per heavy atom. The van der Waals surface area contributed by atoms with Crippen molar-refractivity contribution in [2.24, 2.45) is 0 Å². The fraction of sp³-hybridized carbons (Fsp3) is 0.200. The van der Waals surface area contributed by atoms with E-state index >= 15 is 0 Å². The normalized spacial score (nSPS) is 14.0. The Kier molecular flexibility index (Phi) is 3.81. The molecule has 6 heteroatoms. The Morgan fingerprint density at radius 2 is 1.81 bits per heavy atom. The van der Waals surface area contributed by atoms with Gasteiger partial charge in [0.2, 0.25) is 0 Å². The maximum absolute atomic E-state index is 12.5. The monoisotopic (exact) mass is 396 g/mol. The molecule has 2 amide bonds. The number of rotatable bonds is 4. The number of carbonyl (C=O) groups is 2. The molecular formula is C15H13IN2O3. The molecule has 21 heavy (non-hydrogen) atoms. The van der Waals surface area contributed by atoms with E-state index < -0.39 is 0 Å². The molecule has 2 aromatic carbocycles. The minimum atomic E-state index is -0.291. The minimum Gasteiger partial charge on any atom is -0.398 e. The summed E-state index contributed by atoms with van der Waals surface area (Å²) in [5.41, 5.74) is 7.54. The van der Waals surface area contributed by atoms with Crippen molar-refractivity contribution in [3.05, 3.63) is 41.5 Å². The predicted molar refractivity (Wildman–Crippen MR) is 88.6 cm³/mol. The van der Waals surface area contributed by atoms with Gasteiger partial charge in [0.1, 0.15) is 0 Å². The van der Waals surface area contributed by atoms with Gasteiger partial charge in [0.05, 0.1) is 17.8 Å². The minimum absolute atomic E-state index is 0.251. The van der Waals surface area contributed by atoms with Crippen molar-refractivity contribution < 1.29 is 14.3 Å². The number of imide groups is 1. The first-order chi connectivity index (χ1) is 10.1. The highest BCUT2D eigenvalue weighted by molar-refractivity contribution is 14.1. The largest absolute Gasteiger partial charge is 0.398 e. The third kappa shape index (κ3) is 2.28. The lowest BCUT2D eigenvalue weighted by molar-refractivity contribution is 0.0557. The van der Waals surface area contributed by atoms with Crippen molar-refractivity contribution in [2.45, 2.75) is 0 Å². The number of hydrogen-bond acceptors (Lipinski definition) is 4. The van der Waals surface area contributed by atoms with Crippen LogP contribution in [-0.2, 0) is 4.74 Å². The summed E-state index contributed by atoms with van der Waals surface area (Å²) in [6.45, 7) is 0.585. The number of nitrogens with zero attached hydrogens (tertiary/aromatic N) is 1. The molecule has 0 unspecified atom stereocenters. The molecule has 0 fully saturated rings. The summed E-state index contributed by atoms with van der Waals surface area (Å²) in [6.07, 6.45) is 0. The summed E-state index contributed by atoms with van der Waals surface area (Å²) >= 11 is 2.08. The molecule has 5 nitrogen and oxygen atoms in total. The summed E-state index contributed by atoms with van der Waals surface area (Å²) in [4.78, 5) is 26.3. The van der Waals surface area contributed by atoms with Crippen LogP contribution in [0.1, 0.15) is 20.7 Å². The number of nitrogens with two attached hydrogens (primary N) is 1. The first-order valence-electron chi connectivity index (χ1n) is 6.46. The van der Waals surface area contributed by atoms with Crippen molar-refractivity contribution in [1.82, 2.24) is 4.90 Å². The SMILES string of the molecule is Nc1ccc2c3c(cccc13)C(=O)N(CCOCI)C2=O. The summed E-state index contributed by atoms with van der Waals surface area (Å²) in [7, 11) is 0. The number of alkyl halides is 1. The highest BCUT2D eigenvalue weighted by atomic mass is 127. The standard InChI is InChI=1S/C15H13IN2O3/c16-8-21-7-6-18-14(19)10-3-1-2-9-12(17)5-4-11(13(9)10)15(18)20/h1-5H,6-8,17H2. The highest BCUT2D eigenvalue weighted by Gasteiger charge is 2.32. The molecular weight excluding hydrogens is 383 g/mol. The fourth-order valence-corrected chi connectivity index (χ4v) is 2.89. The van der Waals surface area contributed by atoms with Crippen LogP contribution >= 0.6 is 22.6 Å². The molecule has 1 heterocycles. The molecule has 0 bridgehead atoms. The number of benzene rings is 2. The summed E-state index contributed by atoms with van der Waals surface area (Å²) in [6, 6.07) is 8.72. The van der Waals surface area contributed by atoms with Crippen molar-refractivity contribution >= 4 is 50.9 Å². The van der Waals surface area contributed by atoms with E-state index in [0.29, 0.717) is 33.4 Å². The number of ether oxygens (including phenoxy) is 1. The highest BCUT2D eigenvalue weighted by Crippen LogP contribution is 2.32. The van der Waals surface area contributed by atoms with Crippen LogP contribution in [0.2, 0.25) is 0 Å². The quantitative estimate of drug-likeness (QED) is 0.283. The number of halogens is 1. The van der Waals surface area contributed by atoms with Gasteiger partial charge in [-0.3, -0.25) is 14.5 Å². The molecule has 2 aromatic rings. The number of hydrogen-bond donors (Lipinski definition) is 1. The molecule has 0 saturated heterocycles. The van der Waals surface area contributed by atoms with Crippen LogP contribution in [0.25, 0.3) is 10.8 Å². The van der Waals surface area contributed by atoms with Crippen LogP contribution in [0.15, 0.2) is 30.3 Å². The molecule has 1 aliphatic rings. The Morgan fingerprint density at radius 1 is 1.10 bits per heavy atom. The van der Waals surface area contributed by atoms with Crippen LogP contribution in [0.4, 0.5) is 5.69 Å². The molecule has 0 atom stereocenters. The number of nitrogen functional groups attached to an aromatic ring is 1. The molecule has 0 aromatic heterocycles. The van der Waals surface area contributed by atoms with E-state index in [-0.39, 0.29) is 18.4 Å². The zero-order valence-corrected chi connectivity index (χ0v) is 13.3. The third-order valence-electron chi connectivity index (χ3n) is 3.56. The van der Waals surface area contributed by atoms with Crippen molar-refractivity contribution in [2.75, 3.05) is 23.5 Å². The summed E-state index contributed by atoms with van der Waals surface area (Å²) in [5.74, 6) is -0.582. The molecule has 1 aliphatic heterocycles. The van der Waals surface area contributed by atoms with Gasteiger partial charge in [-0.2, -0.15) is 0 Å². The maximum atomic E-state index is 12.5. The number of carbonyl (C=O) groups excluding carboxylic acids is 2. The van der Waals surface area contributed by atoms with Crippen LogP contribution in [0.3, 0.4) is 0 Å². The van der Waals surface area contributed by atoms with Crippen molar-refractivity contribution in [3.63, 3.8) is 0 Å². The van der Waals surface area contributed by atoms with Crippen LogP contribution in [0.5, 0.6) is 0 Å². The lowest BCUT2D eigenvalue weighted by Gasteiger charge is -2.27. The van der Waals surface area contributed by atoms with Crippen LogP contribution in [-0.4, -0.2) is 34.5 Å². The van der Waals surface area contributed by atoms with Crippen molar-refractivity contribution in [1.29, 1.82) is 0 Å². The fourth-order valence-electron chi connectivity index (χ4n) is 2.58. The molecule has 2 N–H and O–H groups in total. The lowest BCUT2D eigenvalue weighted by atomic mass is 9.93. The van der Waals surface area contributed by atoms with Gasteiger partial charge < -0.3 is 10.5 Å². The van der Waals surface area contributed by atoms with E-state index in [9.17, 15) is 9.59 Å². The Balaban J connectivity index is 2.11. The number of amides is 2. The molecule has 0 radical (unpaired) electrons. The Bertz CT molecular complexity index is 723. The topological polar surface area (TPSA) is 72.6 Å². The van der Waals surface area contributed by atoms with Gasteiger partial charge in [-0.05, 0) is 18.2 Å². The summed E-state index contributed by atoms with van der Waals surface area (Å²) in [5, 5.41) is 1.40. The van der Waals surface area contributed by atoms with Gasteiger partial charge in [0, 0.05) is 27.6 Å². The number of anilines is 1. The smallest absolute Gasteiger partial charge is 0.261 e. The maximum Gasteiger partial charge on any atom is 0.261 e. The zero-order valence-electron chi connectivity index (χ0n) is 11.1. The van der Waals surface area contributed by atoms with Gasteiger partial charge >= 0.3 is 0 Å². The molecule has 108 valence electrons. The van der Waals surface area contributed by atoms with E-state index in [4.69, 9.17) is 10.5 Å². The van der Waals surface area contributed by atoms with Gasteiger partial charge in [-0.1, -0.05) is 34.7 Å². The van der Waals surface area contributed by atoms with Gasteiger partial charge in [0.25, 0.3) is 11.8 Å². The second-order valence-corrected chi connectivity index (χ2v) is 5.33. The second-order valence-electron chi connectivity index (χ2n) is 4.71. The molecule has 0 saturated carbocycles. The van der Waals surface area contributed by atoms with E-state index in [1.807, 2.05) is 6.07 Å². The predicted octanol–water partition coefficient (Wildman–Crippen LogP) is 2.43. The second kappa shape index (κ2) is 5.61. The summed E-state index contributed by atoms with van der Waals surface area (Å²) < 4.78 is 5.76. The third-order valence-corrected chi connectivity index (χ3v) is 4.00. The van der Waals surface area contributed by atoms with Gasteiger partial charge in [0.15, 0.2) is 0 Å². The first kappa shape index (κ1) is 14.3. The van der Waals surface area contributed by atoms with Crippen molar-refractivity contribution in [3.8, 4) is 0 Å². The zero-order chi connectivity index (χ0) is 15.0. The molecule has 0 aliphatic carbocycles.